The van der Waals surface area contributed by atoms with Crippen LogP contribution in [0.5, 0.6) is 0 Å². The number of hydrogen-bond donors (Lipinski definition) is 3. The number of hydrogen-bond acceptors (Lipinski definition) is 4. The average molecular weight is 271 g/mol. The Morgan fingerprint density at radius 1 is 1.25 bits per heavy atom. The molecule has 0 radical (unpaired) electrons. The summed E-state index contributed by atoms with van der Waals surface area (Å²) >= 11 is 0. The minimum absolute atomic E-state index is 0.192. The molecule has 1 aromatic carbocycles. The molecule has 2 rings (SSSR count). The van der Waals surface area contributed by atoms with Crippen molar-refractivity contribution < 1.29 is 9.59 Å². The lowest BCUT2D eigenvalue weighted by Crippen LogP contribution is -2.23. The first-order valence-electron chi connectivity index (χ1n) is 5.87. The summed E-state index contributed by atoms with van der Waals surface area (Å²) in [6.45, 7) is 3.93. The molecule has 0 fully saturated rings. The second-order valence-corrected chi connectivity index (χ2v) is 3.89. The van der Waals surface area contributed by atoms with Crippen molar-refractivity contribution in [3.8, 4) is 0 Å². The van der Waals surface area contributed by atoms with Gasteiger partial charge in [-0.1, -0.05) is 6.08 Å². The van der Waals surface area contributed by atoms with Crippen molar-refractivity contribution in [2.45, 2.75) is 0 Å². The quantitative estimate of drug-likeness (QED) is 0.705. The Balaban J connectivity index is 1.99. The molecule has 0 bridgehead atoms. The fourth-order valence-corrected chi connectivity index (χ4v) is 1.48. The smallest absolute Gasteiger partial charge is 0.277 e. The molecular weight excluding hydrogens is 258 g/mol. The maximum Gasteiger partial charge on any atom is 0.277 e. The van der Waals surface area contributed by atoms with Gasteiger partial charge in [-0.3, -0.25) is 9.59 Å². The highest BCUT2D eigenvalue weighted by atomic mass is 16.2. The lowest BCUT2D eigenvalue weighted by Gasteiger charge is -2.05. The van der Waals surface area contributed by atoms with Crippen LogP contribution in [0.25, 0.3) is 0 Å². The zero-order valence-electron chi connectivity index (χ0n) is 10.6. The van der Waals surface area contributed by atoms with Gasteiger partial charge in [0.1, 0.15) is 0 Å². The van der Waals surface area contributed by atoms with Gasteiger partial charge in [0.05, 0.1) is 6.20 Å². The molecule has 2 aromatic rings. The van der Waals surface area contributed by atoms with E-state index < -0.39 is 0 Å². The van der Waals surface area contributed by atoms with Gasteiger partial charge in [-0.25, -0.2) is 0 Å². The largest absolute Gasteiger partial charge is 0.349 e. The molecule has 7 nitrogen and oxygen atoms in total. The second-order valence-electron chi connectivity index (χ2n) is 3.89. The number of anilines is 1. The number of H-pyrrole nitrogens is 1. The van der Waals surface area contributed by atoms with E-state index in [1.54, 1.807) is 30.3 Å². The highest BCUT2D eigenvalue weighted by Crippen LogP contribution is 2.10. The first kappa shape index (κ1) is 13.5. The first-order valence-corrected chi connectivity index (χ1v) is 5.87. The third kappa shape index (κ3) is 3.29. The minimum atomic E-state index is -0.373. The minimum Gasteiger partial charge on any atom is -0.349 e. The molecule has 7 heteroatoms. The molecule has 0 unspecified atom stereocenters. The van der Waals surface area contributed by atoms with Crippen molar-refractivity contribution in [3.63, 3.8) is 0 Å². The zero-order chi connectivity index (χ0) is 14.4. The lowest BCUT2D eigenvalue weighted by molar-refractivity contribution is 0.0957. The summed E-state index contributed by atoms with van der Waals surface area (Å²) in [6.07, 6.45) is 2.93. The van der Waals surface area contributed by atoms with Crippen LogP contribution in [0.4, 0.5) is 5.69 Å². The maximum atomic E-state index is 11.7. The summed E-state index contributed by atoms with van der Waals surface area (Å²) in [4.78, 5) is 23.4. The van der Waals surface area contributed by atoms with E-state index in [0.717, 1.165) is 0 Å². The van der Waals surface area contributed by atoms with E-state index in [1.165, 1.54) is 6.20 Å². The highest BCUT2D eigenvalue weighted by molar-refractivity contribution is 6.03. The number of nitrogens with one attached hydrogen (secondary N) is 3. The van der Waals surface area contributed by atoms with Crippen LogP contribution in [0.3, 0.4) is 0 Å². The third-order valence-corrected chi connectivity index (χ3v) is 2.46. The third-order valence-electron chi connectivity index (χ3n) is 2.46. The van der Waals surface area contributed by atoms with Crippen molar-refractivity contribution in [1.82, 2.24) is 20.7 Å². The molecule has 0 saturated carbocycles. The molecule has 1 heterocycles. The molecule has 0 aliphatic heterocycles. The van der Waals surface area contributed by atoms with E-state index in [-0.39, 0.29) is 17.5 Å². The van der Waals surface area contributed by atoms with Gasteiger partial charge in [-0.15, -0.1) is 6.58 Å². The van der Waals surface area contributed by atoms with Crippen molar-refractivity contribution in [1.29, 1.82) is 0 Å². The van der Waals surface area contributed by atoms with E-state index in [0.29, 0.717) is 17.8 Å². The summed E-state index contributed by atoms with van der Waals surface area (Å²) in [7, 11) is 0. The van der Waals surface area contributed by atoms with Gasteiger partial charge in [-0.05, 0) is 24.3 Å². The van der Waals surface area contributed by atoms with E-state index >= 15 is 0 Å². The summed E-state index contributed by atoms with van der Waals surface area (Å²) in [5, 5.41) is 14.9. The monoisotopic (exact) mass is 271 g/mol. The Hall–Kier alpha value is -2.96. The Morgan fingerprint density at radius 3 is 2.60 bits per heavy atom. The van der Waals surface area contributed by atoms with Crippen LogP contribution in [0.2, 0.25) is 0 Å². The number of benzene rings is 1. The van der Waals surface area contributed by atoms with Crippen molar-refractivity contribution >= 4 is 17.5 Å². The van der Waals surface area contributed by atoms with Gasteiger partial charge in [0.25, 0.3) is 11.8 Å². The SMILES string of the molecule is C=CCNC(=O)c1ccc(NC(=O)c2cn[nH]n2)cc1. The summed E-state index contributed by atoms with van der Waals surface area (Å²) in [5.41, 5.74) is 1.27. The predicted octanol–water partition coefficient (Wildman–Crippen LogP) is 0.973. The lowest BCUT2D eigenvalue weighted by atomic mass is 10.2. The molecule has 20 heavy (non-hydrogen) atoms. The molecule has 0 atom stereocenters. The number of amides is 2. The summed E-state index contributed by atoms with van der Waals surface area (Å²) < 4.78 is 0. The van der Waals surface area contributed by atoms with E-state index in [4.69, 9.17) is 0 Å². The summed E-state index contributed by atoms with van der Waals surface area (Å²) in [6, 6.07) is 6.52. The van der Waals surface area contributed by atoms with Gasteiger partial charge in [0, 0.05) is 17.8 Å². The van der Waals surface area contributed by atoms with Crippen LogP contribution in [0.1, 0.15) is 20.8 Å². The molecule has 2 amide bonds. The molecule has 3 N–H and O–H groups in total. The van der Waals surface area contributed by atoms with Crippen LogP contribution < -0.4 is 10.6 Å². The number of carbonyl (C=O) groups is 2. The van der Waals surface area contributed by atoms with Gasteiger partial charge in [-0.2, -0.15) is 15.4 Å². The average Bonchev–Trinajstić information content (AvgIpc) is 3.00. The van der Waals surface area contributed by atoms with Crippen LogP contribution in [0.15, 0.2) is 43.1 Å². The van der Waals surface area contributed by atoms with Crippen molar-refractivity contribution in [2.75, 3.05) is 11.9 Å². The van der Waals surface area contributed by atoms with E-state index in [1.807, 2.05) is 0 Å². The number of aromatic nitrogens is 3. The predicted molar refractivity (Wildman–Crippen MR) is 73.3 cm³/mol. The molecular formula is C13H13N5O2. The van der Waals surface area contributed by atoms with Crippen molar-refractivity contribution in [3.05, 3.63) is 54.4 Å². The summed E-state index contributed by atoms with van der Waals surface area (Å²) in [5.74, 6) is -0.568. The Labute approximate surface area is 115 Å². The van der Waals surface area contributed by atoms with Gasteiger partial charge in [0.2, 0.25) is 0 Å². The van der Waals surface area contributed by atoms with Gasteiger partial charge in [0.15, 0.2) is 5.69 Å². The molecule has 0 aliphatic rings. The molecule has 0 saturated heterocycles. The fourth-order valence-electron chi connectivity index (χ4n) is 1.48. The van der Waals surface area contributed by atoms with Crippen molar-refractivity contribution in [2.24, 2.45) is 0 Å². The fraction of sp³-hybridized carbons (Fsp3) is 0.0769. The Morgan fingerprint density at radius 2 is 2.00 bits per heavy atom. The van der Waals surface area contributed by atoms with E-state index in [2.05, 4.69) is 32.6 Å². The van der Waals surface area contributed by atoms with Crippen LogP contribution in [-0.2, 0) is 0 Å². The first-order chi connectivity index (χ1) is 9.70. The molecule has 0 aliphatic carbocycles. The van der Waals surface area contributed by atoms with Crippen LogP contribution in [-0.4, -0.2) is 33.8 Å². The van der Waals surface area contributed by atoms with Gasteiger partial charge >= 0.3 is 0 Å². The molecule has 0 spiro atoms. The Bertz CT molecular complexity index is 604. The number of carbonyl (C=O) groups excluding carboxylic acids is 2. The normalized spacial score (nSPS) is 9.80. The van der Waals surface area contributed by atoms with Crippen LogP contribution in [0, 0.1) is 0 Å². The number of aromatic amines is 1. The standard InChI is InChI=1S/C13H13N5O2/c1-2-7-14-12(19)9-3-5-10(6-4-9)16-13(20)11-8-15-18-17-11/h2-6,8H,1,7H2,(H,14,19)(H,16,20)(H,15,17,18). The van der Waals surface area contributed by atoms with E-state index in [9.17, 15) is 9.59 Å². The maximum absolute atomic E-state index is 11.7. The van der Waals surface area contributed by atoms with Gasteiger partial charge < -0.3 is 10.6 Å². The zero-order valence-corrected chi connectivity index (χ0v) is 10.6. The molecule has 102 valence electrons. The second kappa shape index (κ2) is 6.28. The topological polar surface area (TPSA) is 99.8 Å². The molecule has 1 aromatic heterocycles. The number of nitrogens with zero attached hydrogens (tertiary/aromatic N) is 2. The Kier molecular flexibility index (Phi) is 4.23. The highest BCUT2D eigenvalue weighted by Gasteiger charge is 2.09. The number of rotatable bonds is 5. The van der Waals surface area contributed by atoms with Crippen LogP contribution >= 0.6 is 0 Å².